The first-order chi connectivity index (χ1) is 22.9. The smallest absolute Gasteiger partial charge is 0.395 e. The van der Waals surface area contributed by atoms with E-state index in [9.17, 15) is 31.5 Å². The Morgan fingerprint density at radius 3 is 2.49 bits per heavy atom. The third-order valence-corrected chi connectivity index (χ3v) is 10.5. The predicted octanol–water partition coefficient (Wildman–Crippen LogP) is 8.62. The molecule has 4 aromatic rings. The second-order valence-corrected chi connectivity index (χ2v) is 15.2. The highest BCUT2D eigenvalue weighted by Gasteiger charge is 2.64. The van der Waals surface area contributed by atoms with Crippen LogP contribution in [0.25, 0.3) is 15.8 Å². The summed E-state index contributed by atoms with van der Waals surface area (Å²) in [7, 11) is 0. The number of amides is 1. The van der Waals surface area contributed by atoms with E-state index in [-0.39, 0.29) is 40.4 Å². The molecule has 8 nitrogen and oxygen atoms in total. The summed E-state index contributed by atoms with van der Waals surface area (Å²) in [5, 5.41) is 8.21. The summed E-state index contributed by atoms with van der Waals surface area (Å²) in [5.41, 5.74) is -3.55. The van der Waals surface area contributed by atoms with Crippen molar-refractivity contribution < 1.29 is 36.3 Å². The summed E-state index contributed by atoms with van der Waals surface area (Å²) in [5.74, 6) is -2.03. The van der Waals surface area contributed by atoms with Crippen LogP contribution in [0.15, 0.2) is 67.3 Å². The number of carbonyl (C=O) groups excluding carboxylic acids is 2. The number of nitrogens with one attached hydrogen (secondary N) is 1. The summed E-state index contributed by atoms with van der Waals surface area (Å²) < 4.78 is 75.9. The molecule has 2 aromatic heterocycles. The second-order valence-electron chi connectivity index (χ2n) is 13.7. The first-order valence-corrected chi connectivity index (χ1v) is 16.6. The van der Waals surface area contributed by atoms with Crippen LogP contribution in [0.4, 0.5) is 22.0 Å². The SMILES string of the molecule is C=C1N[C@](CC(C)(C)C)(c2cc3ccccc3s2)C(=O)N1[C@H](COC(=O)CC1(C(F)(F)F)CC1)c1ccc(Cl)c(-n2ncnc2C(F)F)c1. The highest BCUT2D eigenvalue weighted by Crippen LogP contribution is 2.60. The molecule has 2 aliphatic rings. The molecular formula is C34H33ClF5N5O3S. The number of hydrogen-bond donors (Lipinski definition) is 1. The molecule has 1 aliphatic heterocycles. The third kappa shape index (κ3) is 6.52. The number of aromatic nitrogens is 3. The molecule has 2 aromatic carbocycles. The first kappa shape index (κ1) is 34.8. The molecule has 1 N–H and O–H groups in total. The molecule has 3 heterocycles. The molecule has 49 heavy (non-hydrogen) atoms. The Balaban J connectivity index is 1.42. The molecule has 2 fully saturated rings. The molecule has 0 unspecified atom stereocenters. The van der Waals surface area contributed by atoms with Gasteiger partial charge in [0.1, 0.15) is 18.8 Å². The largest absolute Gasteiger partial charge is 0.463 e. The predicted molar refractivity (Wildman–Crippen MR) is 174 cm³/mol. The lowest BCUT2D eigenvalue weighted by Gasteiger charge is -2.34. The van der Waals surface area contributed by atoms with Crippen molar-refractivity contribution in [3.05, 3.63) is 88.5 Å². The molecule has 1 aliphatic carbocycles. The van der Waals surface area contributed by atoms with Gasteiger partial charge < -0.3 is 10.1 Å². The van der Waals surface area contributed by atoms with Crippen molar-refractivity contribution in [2.45, 2.75) is 70.6 Å². The summed E-state index contributed by atoms with van der Waals surface area (Å²) in [4.78, 5) is 33.5. The Morgan fingerprint density at radius 2 is 1.86 bits per heavy atom. The van der Waals surface area contributed by atoms with Gasteiger partial charge >= 0.3 is 12.1 Å². The van der Waals surface area contributed by atoms with Gasteiger partial charge in [-0.2, -0.15) is 18.3 Å². The Bertz CT molecular complexity index is 1900. The molecule has 1 amide bonds. The van der Waals surface area contributed by atoms with Crippen molar-refractivity contribution in [1.29, 1.82) is 0 Å². The van der Waals surface area contributed by atoms with E-state index in [0.29, 0.717) is 6.42 Å². The lowest BCUT2D eigenvalue weighted by atomic mass is 9.78. The topological polar surface area (TPSA) is 89.4 Å². The van der Waals surface area contributed by atoms with E-state index in [1.807, 2.05) is 51.1 Å². The van der Waals surface area contributed by atoms with Crippen LogP contribution in [0.2, 0.25) is 5.02 Å². The fraction of sp³-hybridized carbons (Fsp3) is 0.412. The van der Waals surface area contributed by atoms with Crippen molar-refractivity contribution in [2.75, 3.05) is 6.61 Å². The highest BCUT2D eigenvalue weighted by molar-refractivity contribution is 7.19. The molecule has 0 radical (unpaired) electrons. The zero-order valence-corrected chi connectivity index (χ0v) is 28.4. The molecule has 0 spiro atoms. The Morgan fingerprint density at radius 1 is 1.14 bits per heavy atom. The Labute approximate surface area is 287 Å². The Hall–Kier alpha value is -4.04. The standard InChI is InChI=1S/C34H33ClF5N5O3S/c1-19-43-33(17-31(2,3)4,26-14-21-7-5-6-8-25(21)49-26)30(47)44(19)24(16-48-27(46)15-32(11-12-32)34(38,39)40)20-9-10-22(35)23(13-20)45-29(28(36)37)41-18-42-45/h5-10,13-14,18,24,28,43H,1,11-12,15-17H2,2-4H3/t24-,33-/m1/s1. The second kappa shape index (κ2) is 12.4. The van der Waals surface area contributed by atoms with E-state index in [2.05, 4.69) is 22.0 Å². The minimum atomic E-state index is -4.57. The van der Waals surface area contributed by atoms with Crippen LogP contribution < -0.4 is 5.32 Å². The summed E-state index contributed by atoms with van der Waals surface area (Å²) in [6, 6.07) is 12.8. The molecule has 15 heteroatoms. The fourth-order valence-electron chi connectivity index (χ4n) is 6.39. The van der Waals surface area contributed by atoms with Gasteiger partial charge in [-0.05, 0) is 59.9 Å². The van der Waals surface area contributed by atoms with Crippen LogP contribution in [0.3, 0.4) is 0 Å². The van der Waals surface area contributed by atoms with Gasteiger partial charge in [-0.1, -0.05) is 63.2 Å². The number of benzene rings is 2. The minimum Gasteiger partial charge on any atom is -0.463 e. The lowest BCUT2D eigenvalue weighted by Crippen LogP contribution is -2.46. The van der Waals surface area contributed by atoms with Crippen LogP contribution in [-0.2, 0) is 19.9 Å². The number of thiophene rings is 1. The average Bonchev–Trinajstić information content (AvgIpc) is 3.34. The fourth-order valence-corrected chi connectivity index (χ4v) is 7.79. The zero-order chi connectivity index (χ0) is 35.5. The Kier molecular flexibility index (Phi) is 8.79. The van der Waals surface area contributed by atoms with Crippen molar-refractivity contribution in [2.24, 2.45) is 10.8 Å². The van der Waals surface area contributed by atoms with Crippen molar-refractivity contribution in [1.82, 2.24) is 25.0 Å². The molecule has 0 bridgehead atoms. The van der Waals surface area contributed by atoms with E-state index < -0.39 is 60.3 Å². The maximum absolute atomic E-state index is 14.9. The first-order valence-electron chi connectivity index (χ1n) is 15.4. The van der Waals surface area contributed by atoms with Crippen LogP contribution in [0.1, 0.15) is 75.2 Å². The summed E-state index contributed by atoms with van der Waals surface area (Å²) >= 11 is 7.88. The van der Waals surface area contributed by atoms with Crippen molar-refractivity contribution in [3.8, 4) is 5.69 Å². The van der Waals surface area contributed by atoms with Crippen LogP contribution in [0, 0.1) is 10.8 Å². The van der Waals surface area contributed by atoms with Crippen molar-refractivity contribution >= 4 is 44.9 Å². The number of ether oxygens (including phenoxy) is 1. The van der Waals surface area contributed by atoms with Gasteiger partial charge in [0, 0.05) is 9.58 Å². The molecular weight excluding hydrogens is 689 g/mol. The number of esters is 1. The molecule has 1 saturated carbocycles. The third-order valence-electron chi connectivity index (χ3n) is 8.88. The maximum atomic E-state index is 14.9. The summed E-state index contributed by atoms with van der Waals surface area (Å²) in [6.07, 6.45) is -7.54. The van der Waals surface area contributed by atoms with E-state index in [4.69, 9.17) is 16.3 Å². The summed E-state index contributed by atoms with van der Waals surface area (Å²) in [6.45, 7) is 9.55. The monoisotopic (exact) mass is 721 g/mol. The normalized spacial score (nSPS) is 19.8. The number of alkyl halides is 5. The number of fused-ring (bicyclic) bond motifs is 1. The number of rotatable bonds is 10. The van der Waals surface area contributed by atoms with Gasteiger partial charge in [0.15, 0.2) is 11.4 Å². The lowest BCUT2D eigenvalue weighted by molar-refractivity contribution is -0.195. The van der Waals surface area contributed by atoms with E-state index in [0.717, 1.165) is 26.0 Å². The number of carbonyl (C=O) groups is 2. The van der Waals surface area contributed by atoms with E-state index >= 15 is 0 Å². The maximum Gasteiger partial charge on any atom is 0.395 e. The average molecular weight is 722 g/mol. The van der Waals surface area contributed by atoms with Gasteiger partial charge in [0.2, 0.25) is 0 Å². The molecule has 6 rings (SSSR count). The highest BCUT2D eigenvalue weighted by atomic mass is 35.5. The van der Waals surface area contributed by atoms with Crippen LogP contribution >= 0.6 is 22.9 Å². The van der Waals surface area contributed by atoms with Crippen molar-refractivity contribution in [3.63, 3.8) is 0 Å². The van der Waals surface area contributed by atoms with Crippen LogP contribution in [-0.4, -0.2) is 44.3 Å². The number of hydrogen-bond acceptors (Lipinski definition) is 7. The van der Waals surface area contributed by atoms with E-state index in [1.54, 1.807) is 0 Å². The van der Waals surface area contributed by atoms with Gasteiger partial charge in [-0.3, -0.25) is 14.5 Å². The minimum absolute atomic E-state index is 0.00739. The molecule has 2 atom stereocenters. The van der Waals surface area contributed by atoms with Gasteiger partial charge in [-0.15, -0.1) is 11.3 Å². The number of halogens is 6. The molecule has 260 valence electrons. The van der Waals surface area contributed by atoms with Crippen LogP contribution in [0.5, 0.6) is 0 Å². The van der Waals surface area contributed by atoms with Gasteiger partial charge in [-0.25, -0.2) is 18.4 Å². The zero-order valence-electron chi connectivity index (χ0n) is 26.8. The number of nitrogens with zero attached hydrogens (tertiary/aromatic N) is 4. The van der Waals surface area contributed by atoms with Gasteiger partial charge in [0.25, 0.3) is 12.3 Å². The van der Waals surface area contributed by atoms with E-state index in [1.165, 1.54) is 34.4 Å². The molecule has 1 saturated heterocycles. The quantitative estimate of drug-likeness (QED) is 0.130. The van der Waals surface area contributed by atoms with Gasteiger partial charge in [0.05, 0.1) is 28.6 Å².